The lowest BCUT2D eigenvalue weighted by atomic mass is 9.91. The Kier molecular flexibility index (Phi) is 4.85. The van der Waals surface area contributed by atoms with E-state index in [0.29, 0.717) is 11.5 Å². The van der Waals surface area contributed by atoms with Crippen LogP contribution in [0.3, 0.4) is 0 Å². The van der Waals surface area contributed by atoms with Gasteiger partial charge in [0.2, 0.25) is 0 Å². The van der Waals surface area contributed by atoms with Crippen LogP contribution in [0.15, 0.2) is 42.5 Å². The maximum Gasteiger partial charge on any atom is 0.278 e. The summed E-state index contributed by atoms with van der Waals surface area (Å²) in [4.78, 5) is 22.0. The first-order valence-corrected chi connectivity index (χ1v) is 9.85. The fourth-order valence-corrected chi connectivity index (χ4v) is 4.43. The van der Waals surface area contributed by atoms with Gasteiger partial charge in [-0.05, 0) is 42.2 Å². The third kappa shape index (κ3) is 2.96. The van der Waals surface area contributed by atoms with Gasteiger partial charge in [-0.25, -0.2) is 5.06 Å². The van der Waals surface area contributed by atoms with Crippen LogP contribution in [0.5, 0.6) is 5.75 Å². The van der Waals surface area contributed by atoms with Gasteiger partial charge in [0.1, 0.15) is 11.8 Å². The molecule has 5 nitrogen and oxygen atoms in total. The van der Waals surface area contributed by atoms with Crippen LogP contribution in [0, 0.1) is 5.92 Å². The summed E-state index contributed by atoms with van der Waals surface area (Å²) in [6, 6.07) is 12.7. The summed E-state index contributed by atoms with van der Waals surface area (Å²) in [6.07, 6.45) is 3.18. The fraction of sp³-hybridized carbons (Fsp3) is 0.348. The quantitative estimate of drug-likeness (QED) is 0.637. The zero-order valence-electron chi connectivity index (χ0n) is 16.5. The minimum atomic E-state index is -0.389. The molecular weight excluding hydrogens is 352 g/mol. The molecule has 0 spiro atoms. The minimum Gasteiger partial charge on any atom is -0.508 e. The molecule has 1 aromatic heterocycles. The maximum atomic E-state index is 12.9. The molecule has 3 aromatic rings. The first-order valence-electron chi connectivity index (χ1n) is 9.85. The van der Waals surface area contributed by atoms with E-state index in [1.165, 1.54) is 12.2 Å². The highest BCUT2D eigenvalue weighted by molar-refractivity contribution is 6.00. The number of benzene rings is 2. The van der Waals surface area contributed by atoms with Gasteiger partial charge in [-0.1, -0.05) is 44.9 Å². The number of phenols is 1. The number of carbonyl (C=O) groups is 1. The monoisotopic (exact) mass is 378 g/mol. The number of hydrogen-bond donors (Lipinski definition) is 2. The van der Waals surface area contributed by atoms with Crippen LogP contribution in [-0.2, 0) is 11.3 Å². The summed E-state index contributed by atoms with van der Waals surface area (Å²) in [5, 5.41) is 12.6. The van der Waals surface area contributed by atoms with Crippen molar-refractivity contribution < 1.29 is 14.7 Å². The number of nitrogens with zero attached hydrogens (tertiary/aromatic N) is 1. The van der Waals surface area contributed by atoms with Crippen LogP contribution in [0.25, 0.3) is 10.9 Å². The summed E-state index contributed by atoms with van der Waals surface area (Å²) in [5.74, 6) is 0.490. The van der Waals surface area contributed by atoms with Gasteiger partial charge in [0.25, 0.3) is 5.91 Å². The van der Waals surface area contributed by atoms with Crippen molar-refractivity contribution in [2.75, 3.05) is 7.11 Å². The van der Waals surface area contributed by atoms with Crippen LogP contribution in [0.4, 0.5) is 0 Å². The number of aromatic hydroxyl groups is 1. The molecule has 0 saturated carbocycles. The summed E-state index contributed by atoms with van der Waals surface area (Å²) in [6.45, 7) is 4.45. The van der Waals surface area contributed by atoms with Crippen molar-refractivity contribution in [3.05, 3.63) is 64.8 Å². The molecule has 1 aliphatic heterocycles. The molecule has 0 radical (unpaired) electrons. The van der Waals surface area contributed by atoms with Gasteiger partial charge in [-0.15, -0.1) is 0 Å². The lowest BCUT2D eigenvalue weighted by molar-refractivity contribution is -0.109. The second-order valence-corrected chi connectivity index (χ2v) is 7.65. The number of rotatable bonds is 6. The molecule has 2 atom stereocenters. The predicted molar refractivity (Wildman–Crippen MR) is 109 cm³/mol. The van der Waals surface area contributed by atoms with Crippen LogP contribution >= 0.6 is 0 Å². The van der Waals surface area contributed by atoms with Crippen LogP contribution in [0.2, 0.25) is 0 Å². The highest BCUT2D eigenvalue weighted by Crippen LogP contribution is 2.44. The van der Waals surface area contributed by atoms with Crippen molar-refractivity contribution >= 4 is 16.8 Å². The van der Waals surface area contributed by atoms with Crippen LogP contribution in [0.1, 0.15) is 59.9 Å². The van der Waals surface area contributed by atoms with Crippen molar-refractivity contribution in [1.29, 1.82) is 0 Å². The summed E-state index contributed by atoms with van der Waals surface area (Å²) in [7, 11) is 1.52. The first-order chi connectivity index (χ1) is 13.5. The molecule has 2 heterocycles. The van der Waals surface area contributed by atoms with Gasteiger partial charge in [-0.3, -0.25) is 9.63 Å². The fourth-order valence-electron chi connectivity index (χ4n) is 4.43. The smallest absolute Gasteiger partial charge is 0.278 e. The molecule has 4 rings (SSSR count). The number of phenolic OH excluding ortho intramolecular Hbond substituents is 1. The Morgan fingerprint density at radius 1 is 1.25 bits per heavy atom. The van der Waals surface area contributed by atoms with Crippen molar-refractivity contribution in [3.8, 4) is 5.75 Å². The number of aromatic nitrogens is 1. The van der Waals surface area contributed by atoms with Crippen molar-refractivity contribution in [1.82, 2.24) is 10.0 Å². The van der Waals surface area contributed by atoms with Gasteiger partial charge < -0.3 is 10.1 Å². The zero-order valence-corrected chi connectivity index (χ0v) is 16.5. The molecular formula is C23H26N2O3. The SMILES string of the molecule is CCCC(C)Cc1[nH]c2ccccc2c1C1c2cc(O)ccc2C(=O)N1OC. The molecule has 0 saturated heterocycles. The maximum absolute atomic E-state index is 12.9. The standard InChI is InChI=1S/C23H26N2O3/c1-4-7-14(2)12-20-21(17-8-5-6-9-19(17)24-20)22-18-13-15(26)10-11-16(18)23(27)25(22)28-3/h5-6,8-11,13-14,22,24,26H,4,7,12H2,1-3H3. The Morgan fingerprint density at radius 2 is 2.04 bits per heavy atom. The average Bonchev–Trinajstić information content (AvgIpc) is 3.15. The zero-order chi connectivity index (χ0) is 19.8. The van der Waals surface area contributed by atoms with Crippen molar-refractivity contribution in [2.45, 2.75) is 39.2 Å². The van der Waals surface area contributed by atoms with E-state index < -0.39 is 0 Å². The van der Waals surface area contributed by atoms with Crippen LogP contribution in [-0.4, -0.2) is 28.2 Å². The Labute approximate surface area is 164 Å². The number of aromatic amines is 1. The lowest BCUT2D eigenvalue weighted by Crippen LogP contribution is -2.28. The normalized spacial score (nSPS) is 17.3. The Morgan fingerprint density at radius 3 is 2.79 bits per heavy atom. The van der Waals surface area contributed by atoms with E-state index in [9.17, 15) is 9.90 Å². The Bertz CT molecular complexity index is 1020. The van der Waals surface area contributed by atoms with Crippen LogP contribution < -0.4 is 0 Å². The second-order valence-electron chi connectivity index (χ2n) is 7.65. The highest BCUT2D eigenvalue weighted by Gasteiger charge is 2.41. The lowest BCUT2D eigenvalue weighted by Gasteiger charge is -2.24. The molecule has 28 heavy (non-hydrogen) atoms. The number of carbonyl (C=O) groups excluding carboxylic acids is 1. The number of nitrogens with one attached hydrogen (secondary N) is 1. The van der Waals surface area contributed by atoms with Gasteiger partial charge in [0.05, 0.1) is 7.11 Å². The molecule has 5 heteroatoms. The van der Waals surface area contributed by atoms with Gasteiger partial charge in [-0.2, -0.15) is 0 Å². The average molecular weight is 378 g/mol. The van der Waals surface area contributed by atoms with Crippen molar-refractivity contribution in [2.24, 2.45) is 5.92 Å². The Hall–Kier alpha value is -2.79. The molecule has 0 aliphatic carbocycles. The number of hydrogen-bond acceptors (Lipinski definition) is 3. The van der Waals surface area contributed by atoms with Gasteiger partial charge in [0, 0.05) is 27.7 Å². The van der Waals surface area contributed by atoms with E-state index in [0.717, 1.165) is 47.0 Å². The molecule has 1 amide bonds. The Balaban J connectivity index is 1.92. The third-order valence-corrected chi connectivity index (χ3v) is 5.63. The largest absolute Gasteiger partial charge is 0.508 e. The molecule has 2 N–H and O–H groups in total. The van der Waals surface area contributed by atoms with Gasteiger partial charge in [0.15, 0.2) is 0 Å². The third-order valence-electron chi connectivity index (χ3n) is 5.63. The van der Waals surface area contributed by atoms with E-state index in [-0.39, 0.29) is 17.7 Å². The molecule has 146 valence electrons. The van der Waals surface area contributed by atoms with E-state index in [2.05, 4.69) is 31.0 Å². The van der Waals surface area contributed by atoms with E-state index in [4.69, 9.17) is 4.84 Å². The number of fused-ring (bicyclic) bond motifs is 2. The number of H-pyrrole nitrogens is 1. The number of hydroxylamine groups is 2. The first kappa shape index (κ1) is 18.6. The molecule has 0 fully saturated rings. The van der Waals surface area contributed by atoms with E-state index in [1.54, 1.807) is 18.2 Å². The second kappa shape index (κ2) is 7.32. The summed E-state index contributed by atoms with van der Waals surface area (Å²) < 4.78 is 0. The number of amides is 1. The van der Waals surface area contributed by atoms with Crippen molar-refractivity contribution in [3.63, 3.8) is 0 Å². The number of para-hydroxylation sites is 1. The predicted octanol–water partition coefficient (Wildman–Crippen LogP) is 4.96. The summed E-state index contributed by atoms with van der Waals surface area (Å²) in [5.41, 5.74) is 4.58. The topological polar surface area (TPSA) is 65.6 Å². The molecule has 2 unspecified atom stereocenters. The minimum absolute atomic E-state index is 0.148. The molecule has 1 aliphatic rings. The summed E-state index contributed by atoms with van der Waals surface area (Å²) >= 11 is 0. The van der Waals surface area contributed by atoms with E-state index in [1.807, 2.05) is 12.1 Å². The molecule has 2 aromatic carbocycles. The molecule has 0 bridgehead atoms. The van der Waals surface area contributed by atoms with Gasteiger partial charge >= 0.3 is 0 Å². The highest BCUT2D eigenvalue weighted by atomic mass is 16.7. The van der Waals surface area contributed by atoms with E-state index >= 15 is 0 Å².